The smallest absolute Gasteiger partial charge is 0.193 e. The van der Waals surface area contributed by atoms with Gasteiger partial charge in [0.1, 0.15) is 0 Å². The molecule has 1 heterocycles. The average Bonchev–Trinajstić information content (AvgIpc) is 2.50. The van der Waals surface area contributed by atoms with Crippen molar-refractivity contribution in [3.63, 3.8) is 0 Å². The number of nitrogens with zero attached hydrogens (tertiary/aromatic N) is 2. The van der Waals surface area contributed by atoms with E-state index < -0.39 is 0 Å². The molecule has 0 saturated carbocycles. The lowest BCUT2D eigenvalue weighted by molar-refractivity contribution is 0.0257. The molecular formula is C16H34IN3OS. The molecule has 1 fully saturated rings. The average molecular weight is 443 g/mol. The second-order valence-corrected chi connectivity index (χ2v) is 7.26. The molecule has 1 saturated heterocycles. The maximum Gasteiger partial charge on any atom is 0.193 e. The maximum atomic E-state index is 5.80. The van der Waals surface area contributed by atoms with E-state index in [-0.39, 0.29) is 24.0 Å². The van der Waals surface area contributed by atoms with Gasteiger partial charge >= 0.3 is 0 Å². The zero-order valence-electron chi connectivity index (χ0n) is 14.8. The molecular weight excluding hydrogens is 409 g/mol. The Morgan fingerprint density at radius 2 is 2.14 bits per heavy atom. The van der Waals surface area contributed by atoms with Crippen molar-refractivity contribution in [2.24, 2.45) is 10.9 Å². The first-order chi connectivity index (χ1) is 10.1. The van der Waals surface area contributed by atoms with Crippen LogP contribution in [0.5, 0.6) is 0 Å². The molecule has 1 aliphatic heterocycles. The van der Waals surface area contributed by atoms with Gasteiger partial charge < -0.3 is 15.0 Å². The molecule has 0 aromatic carbocycles. The molecule has 0 aliphatic carbocycles. The molecule has 2 atom stereocenters. The third-order valence-corrected chi connectivity index (χ3v) is 5.31. The first kappa shape index (κ1) is 22.3. The van der Waals surface area contributed by atoms with Gasteiger partial charge in [0, 0.05) is 44.3 Å². The normalized spacial score (nSPS) is 20.7. The maximum absolute atomic E-state index is 5.80. The quantitative estimate of drug-likeness (QED) is 0.372. The Labute approximate surface area is 158 Å². The number of aliphatic imine (C=N–C) groups is 1. The molecule has 0 amide bonds. The highest BCUT2D eigenvalue weighted by atomic mass is 127. The van der Waals surface area contributed by atoms with E-state index in [0.717, 1.165) is 43.9 Å². The fraction of sp³-hybridized carbons (Fsp3) is 0.938. The Morgan fingerprint density at radius 3 is 2.68 bits per heavy atom. The SMILES string of the molecule is CCOC(CCNC(=NC)N1CCSC(CC)C1)C(C)C.I. The molecule has 1 rings (SSSR count). The lowest BCUT2D eigenvalue weighted by Crippen LogP contribution is -2.48. The van der Waals surface area contributed by atoms with E-state index in [1.807, 2.05) is 7.05 Å². The predicted octanol–water partition coefficient (Wildman–Crippen LogP) is 3.46. The number of ether oxygens (including phenoxy) is 1. The Bertz CT molecular complexity index is 316. The highest BCUT2D eigenvalue weighted by molar-refractivity contribution is 14.0. The van der Waals surface area contributed by atoms with E-state index in [2.05, 4.69) is 54.7 Å². The van der Waals surface area contributed by atoms with Crippen molar-refractivity contribution in [2.75, 3.05) is 39.0 Å². The van der Waals surface area contributed by atoms with Crippen molar-refractivity contribution >= 4 is 41.7 Å². The van der Waals surface area contributed by atoms with E-state index in [1.54, 1.807) is 0 Å². The number of hydrogen-bond donors (Lipinski definition) is 1. The molecule has 0 spiro atoms. The van der Waals surface area contributed by atoms with Gasteiger partial charge in [-0.05, 0) is 25.7 Å². The van der Waals surface area contributed by atoms with Gasteiger partial charge in [0.15, 0.2) is 5.96 Å². The summed E-state index contributed by atoms with van der Waals surface area (Å²) in [7, 11) is 1.88. The second-order valence-electron chi connectivity index (χ2n) is 5.85. The summed E-state index contributed by atoms with van der Waals surface area (Å²) in [6, 6.07) is 0. The topological polar surface area (TPSA) is 36.9 Å². The molecule has 0 bridgehead atoms. The number of rotatable bonds is 7. The Balaban J connectivity index is 0.00000441. The fourth-order valence-electron chi connectivity index (χ4n) is 2.64. The van der Waals surface area contributed by atoms with Crippen LogP contribution in [0.25, 0.3) is 0 Å². The summed E-state index contributed by atoms with van der Waals surface area (Å²) in [5, 5.41) is 4.25. The van der Waals surface area contributed by atoms with Gasteiger partial charge in [-0.25, -0.2) is 0 Å². The van der Waals surface area contributed by atoms with Crippen LogP contribution in [-0.4, -0.2) is 61.3 Å². The predicted molar refractivity (Wildman–Crippen MR) is 110 cm³/mol. The first-order valence-corrected chi connectivity index (χ1v) is 9.35. The Kier molecular flexibility index (Phi) is 12.9. The minimum Gasteiger partial charge on any atom is -0.378 e. The summed E-state index contributed by atoms with van der Waals surface area (Å²) >= 11 is 2.09. The van der Waals surface area contributed by atoms with Crippen molar-refractivity contribution in [3.8, 4) is 0 Å². The van der Waals surface area contributed by atoms with Crippen LogP contribution in [0.1, 0.15) is 40.5 Å². The lowest BCUT2D eigenvalue weighted by Gasteiger charge is -2.34. The summed E-state index contributed by atoms with van der Waals surface area (Å²) in [4.78, 5) is 6.85. The summed E-state index contributed by atoms with van der Waals surface area (Å²) in [5.41, 5.74) is 0. The van der Waals surface area contributed by atoms with Crippen LogP contribution in [0.4, 0.5) is 0 Å². The molecule has 4 nitrogen and oxygen atoms in total. The van der Waals surface area contributed by atoms with Gasteiger partial charge in [0.25, 0.3) is 0 Å². The molecule has 0 aromatic rings. The molecule has 6 heteroatoms. The van der Waals surface area contributed by atoms with Gasteiger partial charge in [-0.1, -0.05) is 20.8 Å². The summed E-state index contributed by atoms with van der Waals surface area (Å²) in [5.74, 6) is 2.81. The van der Waals surface area contributed by atoms with Crippen molar-refractivity contribution in [3.05, 3.63) is 0 Å². The summed E-state index contributed by atoms with van der Waals surface area (Å²) in [6.07, 6.45) is 2.60. The molecule has 2 unspecified atom stereocenters. The van der Waals surface area contributed by atoms with E-state index in [4.69, 9.17) is 4.74 Å². The van der Waals surface area contributed by atoms with Gasteiger partial charge in [-0.3, -0.25) is 4.99 Å². The zero-order chi connectivity index (χ0) is 15.7. The van der Waals surface area contributed by atoms with E-state index in [1.165, 1.54) is 12.2 Å². The van der Waals surface area contributed by atoms with Crippen molar-refractivity contribution in [2.45, 2.75) is 51.9 Å². The van der Waals surface area contributed by atoms with Crippen LogP contribution in [0, 0.1) is 5.92 Å². The number of halogens is 1. The van der Waals surface area contributed by atoms with Crippen molar-refractivity contribution in [1.82, 2.24) is 10.2 Å². The monoisotopic (exact) mass is 443 g/mol. The van der Waals surface area contributed by atoms with Crippen LogP contribution in [-0.2, 0) is 4.74 Å². The van der Waals surface area contributed by atoms with E-state index in [0.29, 0.717) is 12.0 Å². The van der Waals surface area contributed by atoms with Crippen LogP contribution in [0.3, 0.4) is 0 Å². The number of nitrogens with one attached hydrogen (secondary N) is 1. The highest BCUT2D eigenvalue weighted by Crippen LogP contribution is 2.21. The van der Waals surface area contributed by atoms with Gasteiger partial charge in [0.2, 0.25) is 0 Å². The molecule has 1 N–H and O–H groups in total. The van der Waals surface area contributed by atoms with E-state index in [9.17, 15) is 0 Å². The van der Waals surface area contributed by atoms with Crippen LogP contribution >= 0.6 is 35.7 Å². The Morgan fingerprint density at radius 1 is 1.41 bits per heavy atom. The third kappa shape index (κ3) is 7.73. The number of hydrogen-bond acceptors (Lipinski definition) is 3. The molecule has 22 heavy (non-hydrogen) atoms. The summed E-state index contributed by atoms with van der Waals surface area (Å²) in [6.45, 7) is 12.7. The van der Waals surface area contributed by atoms with Crippen LogP contribution in [0.2, 0.25) is 0 Å². The number of thioether (sulfide) groups is 1. The van der Waals surface area contributed by atoms with Crippen LogP contribution in [0.15, 0.2) is 4.99 Å². The fourth-order valence-corrected chi connectivity index (χ4v) is 3.82. The van der Waals surface area contributed by atoms with Crippen LogP contribution < -0.4 is 5.32 Å². The van der Waals surface area contributed by atoms with E-state index >= 15 is 0 Å². The molecule has 132 valence electrons. The standard InChI is InChI=1S/C16H33N3OS.HI/c1-6-14-12-19(10-11-21-14)16(17-5)18-9-8-15(13(3)4)20-7-2;/h13-15H,6-12H2,1-5H3,(H,17,18);1H. The minimum absolute atomic E-state index is 0. The highest BCUT2D eigenvalue weighted by Gasteiger charge is 2.21. The molecule has 0 radical (unpaired) electrons. The van der Waals surface area contributed by atoms with Gasteiger partial charge in [-0.15, -0.1) is 24.0 Å². The second kappa shape index (κ2) is 12.7. The molecule has 1 aliphatic rings. The van der Waals surface area contributed by atoms with Crippen molar-refractivity contribution in [1.29, 1.82) is 0 Å². The van der Waals surface area contributed by atoms with Gasteiger partial charge in [0.05, 0.1) is 6.10 Å². The Hall–Kier alpha value is 0.310. The van der Waals surface area contributed by atoms with Gasteiger partial charge in [-0.2, -0.15) is 11.8 Å². The summed E-state index contributed by atoms with van der Waals surface area (Å²) < 4.78 is 5.80. The first-order valence-electron chi connectivity index (χ1n) is 8.31. The molecule has 0 aromatic heterocycles. The lowest BCUT2D eigenvalue weighted by atomic mass is 10.0. The number of guanidine groups is 1. The minimum atomic E-state index is 0. The zero-order valence-corrected chi connectivity index (χ0v) is 17.9. The largest absolute Gasteiger partial charge is 0.378 e. The van der Waals surface area contributed by atoms with Crippen molar-refractivity contribution < 1.29 is 4.74 Å². The third-order valence-electron chi connectivity index (χ3n) is 3.94.